The third-order valence-electron chi connectivity index (χ3n) is 4.08. The molecule has 0 amide bonds. The monoisotopic (exact) mass is 311 g/mol. The fraction of sp³-hybridized carbons (Fsp3) is 0.0476. The van der Waals surface area contributed by atoms with Crippen LogP contribution in [0.5, 0.6) is 0 Å². The van der Waals surface area contributed by atoms with Gasteiger partial charge in [-0.25, -0.2) is 9.97 Å². The topological polar surface area (TPSA) is 51.8 Å². The molecule has 2 N–H and O–H groups in total. The summed E-state index contributed by atoms with van der Waals surface area (Å²) in [6.45, 7) is 0.537. The first-order valence-corrected chi connectivity index (χ1v) is 7.97. The van der Waals surface area contributed by atoms with Crippen molar-refractivity contribution in [3.05, 3.63) is 84.4 Å². The van der Waals surface area contributed by atoms with Gasteiger partial charge in [-0.05, 0) is 17.7 Å². The van der Waals surface area contributed by atoms with Crippen molar-refractivity contribution in [2.24, 2.45) is 5.73 Å². The fourth-order valence-corrected chi connectivity index (χ4v) is 2.80. The summed E-state index contributed by atoms with van der Waals surface area (Å²) < 4.78 is 0. The maximum Gasteiger partial charge on any atom is 0.0973 e. The zero-order valence-corrected chi connectivity index (χ0v) is 13.2. The molecule has 0 atom stereocenters. The van der Waals surface area contributed by atoms with Crippen LogP contribution in [0.15, 0.2) is 78.9 Å². The molecule has 1 aromatic heterocycles. The summed E-state index contributed by atoms with van der Waals surface area (Å²) in [6, 6.07) is 26.4. The highest BCUT2D eigenvalue weighted by molar-refractivity contribution is 5.86. The second kappa shape index (κ2) is 6.22. The Morgan fingerprint density at radius 1 is 0.583 bits per heavy atom. The predicted octanol–water partition coefficient (Wildman–Crippen LogP) is 4.42. The van der Waals surface area contributed by atoms with Crippen LogP contribution in [0.4, 0.5) is 0 Å². The second-order valence-electron chi connectivity index (χ2n) is 5.68. The number of para-hydroxylation sites is 2. The van der Waals surface area contributed by atoms with E-state index in [0.29, 0.717) is 6.54 Å². The minimum atomic E-state index is 0.537. The number of hydrogen-bond donors (Lipinski definition) is 1. The van der Waals surface area contributed by atoms with E-state index in [9.17, 15) is 0 Å². The largest absolute Gasteiger partial charge is 0.326 e. The highest BCUT2D eigenvalue weighted by atomic mass is 14.8. The molecule has 0 unspecified atom stereocenters. The van der Waals surface area contributed by atoms with E-state index in [2.05, 4.69) is 24.3 Å². The number of aromatic nitrogens is 2. The van der Waals surface area contributed by atoms with Crippen LogP contribution in [0.2, 0.25) is 0 Å². The van der Waals surface area contributed by atoms with Crippen molar-refractivity contribution in [1.82, 2.24) is 9.97 Å². The van der Waals surface area contributed by atoms with Gasteiger partial charge in [-0.2, -0.15) is 0 Å². The van der Waals surface area contributed by atoms with Crippen molar-refractivity contribution >= 4 is 11.0 Å². The third-order valence-corrected chi connectivity index (χ3v) is 4.08. The van der Waals surface area contributed by atoms with Gasteiger partial charge in [0.25, 0.3) is 0 Å². The number of benzene rings is 3. The van der Waals surface area contributed by atoms with Gasteiger partial charge in [-0.1, -0.05) is 66.7 Å². The highest BCUT2D eigenvalue weighted by Crippen LogP contribution is 2.30. The first-order valence-electron chi connectivity index (χ1n) is 7.97. The van der Waals surface area contributed by atoms with Gasteiger partial charge in [0.05, 0.1) is 22.4 Å². The minimum absolute atomic E-state index is 0.537. The molecule has 0 aliphatic heterocycles. The normalized spacial score (nSPS) is 10.9. The summed E-state index contributed by atoms with van der Waals surface area (Å²) in [5, 5.41) is 0. The predicted molar refractivity (Wildman–Crippen MR) is 98.3 cm³/mol. The van der Waals surface area contributed by atoms with Gasteiger partial charge in [0.15, 0.2) is 0 Å². The number of nitrogens with two attached hydrogens (primary N) is 1. The standard InChI is InChI=1S/C21H17N3/c22-14-15-10-12-17(13-11-15)21-20(16-6-2-1-3-7-16)23-18-8-4-5-9-19(18)24-21/h1-13H,14,22H2. The number of fused-ring (bicyclic) bond motifs is 1. The van der Waals surface area contributed by atoms with E-state index >= 15 is 0 Å². The lowest BCUT2D eigenvalue weighted by molar-refractivity contribution is 1.07. The molecule has 0 saturated carbocycles. The average Bonchev–Trinajstić information content (AvgIpc) is 2.68. The fourth-order valence-electron chi connectivity index (χ4n) is 2.80. The molecule has 3 heteroatoms. The summed E-state index contributed by atoms with van der Waals surface area (Å²) in [6.07, 6.45) is 0. The van der Waals surface area contributed by atoms with E-state index in [1.165, 1.54) is 0 Å². The quantitative estimate of drug-likeness (QED) is 0.609. The lowest BCUT2D eigenvalue weighted by atomic mass is 10.0. The van der Waals surface area contributed by atoms with Crippen molar-refractivity contribution in [2.75, 3.05) is 0 Å². The molecule has 0 fully saturated rings. The van der Waals surface area contributed by atoms with Gasteiger partial charge in [0.2, 0.25) is 0 Å². The van der Waals surface area contributed by atoms with E-state index in [1.807, 2.05) is 54.6 Å². The molecular formula is C21H17N3. The van der Waals surface area contributed by atoms with Crippen LogP contribution in [-0.2, 0) is 6.54 Å². The first kappa shape index (κ1) is 14.5. The summed E-state index contributed by atoms with van der Waals surface area (Å²) in [5.74, 6) is 0. The highest BCUT2D eigenvalue weighted by Gasteiger charge is 2.12. The Bertz CT molecular complexity index is 977. The Balaban J connectivity index is 1.97. The Morgan fingerprint density at radius 3 is 1.62 bits per heavy atom. The van der Waals surface area contributed by atoms with Gasteiger partial charge in [0.1, 0.15) is 0 Å². The summed E-state index contributed by atoms with van der Waals surface area (Å²) in [4.78, 5) is 9.76. The molecule has 3 aromatic carbocycles. The molecule has 4 aromatic rings. The SMILES string of the molecule is NCc1ccc(-c2nc3ccccc3nc2-c2ccccc2)cc1. The Hall–Kier alpha value is -3.04. The lowest BCUT2D eigenvalue weighted by Gasteiger charge is -2.11. The molecule has 0 saturated heterocycles. The molecule has 116 valence electrons. The zero-order valence-electron chi connectivity index (χ0n) is 13.2. The van der Waals surface area contributed by atoms with E-state index in [0.717, 1.165) is 39.1 Å². The molecule has 0 spiro atoms. The van der Waals surface area contributed by atoms with Crippen LogP contribution in [0.25, 0.3) is 33.5 Å². The van der Waals surface area contributed by atoms with Crippen molar-refractivity contribution in [1.29, 1.82) is 0 Å². The Kier molecular flexibility index (Phi) is 3.77. The van der Waals surface area contributed by atoms with Crippen molar-refractivity contribution in [2.45, 2.75) is 6.54 Å². The molecule has 4 rings (SSSR count). The summed E-state index contributed by atoms with van der Waals surface area (Å²) >= 11 is 0. The average molecular weight is 311 g/mol. The van der Waals surface area contributed by atoms with Crippen LogP contribution in [0.3, 0.4) is 0 Å². The number of hydrogen-bond acceptors (Lipinski definition) is 3. The molecule has 3 nitrogen and oxygen atoms in total. The minimum Gasteiger partial charge on any atom is -0.326 e. The number of nitrogens with zero attached hydrogens (tertiary/aromatic N) is 2. The molecule has 0 radical (unpaired) electrons. The molecule has 0 aliphatic carbocycles. The van der Waals surface area contributed by atoms with E-state index in [4.69, 9.17) is 15.7 Å². The Morgan fingerprint density at radius 2 is 1.08 bits per heavy atom. The van der Waals surface area contributed by atoms with Crippen LogP contribution in [0, 0.1) is 0 Å². The van der Waals surface area contributed by atoms with Gasteiger partial charge in [-0.3, -0.25) is 0 Å². The van der Waals surface area contributed by atoms with Crippen molar-refractivity contribution < 1.29 is 0 Å². The molecule has 24 heavy (non-hydrogen) atoms. The molecule has 0 bridgehead atoms. The van der Waals surface area contributed by atoms with Crippen molar-refractivity contribution in [3.63, 3.8) is 0 Å². The summed E-state index contributed by atoms with van der Waals surface area (Å²) in [5.41, 5.74) is 12.5. The zero-order chi connectivity index (χ0) is 16.4. The maximum atomic E-state index is 5.71. The van der Waals surface area contributed by atoms with Crippen LogP contribution < -0.4 is 5.73 Å². The molecule has 1 heterocycles. The van der Waals surface area contributed by atoms with E-state index in [-0.39, 0.29) is 0 Å². The third kappa shape index (κ3) is 2.66. The molecular weight excluding hydrogens is 294 g/mol. The van der Waals surface area contributed by atoms with Crippen LogP contribution in [0.1, 0.15) is 5.56 Å². The van der Waals surface area contributed by atoms with E-state index < -0.39 is 0 Å². The maximum absolute atomic E-state index is 5.71. The summed E-state index contributed by atoms with van der Waals surface area (Å²) in [7, 11) is 0. The van der Waals surface area contributed by atoms with Gasteiger partial charge < -0.3 is 5.73 Å². The smallest absolute Gasteiger partial charge is 0.0973 e. The second-order valence-corrected chi connectivity index (χ2v) is 5.68. The van der Waals surface area contributed by atoms with Crippen molar-refractivity contribution in [3.8, 4) is 22.5 Å². The van der Waals surface area contributed by atoms with E-state index in [1.54, 1.807) is 0 Å². The van der Waals surface area contributed by atoms with Gasteiger partial charge in [0, 0.05) is 17.7 Å². The Labute approximate surface area is 140 Å². The molecule has 0 aliphatic rings. The van der Waals surface area contributed by atoms with Gasteiger partial charge in [-0.15, -0.1) is 0 Å². The first-order chi connectivity index (χ1) is 11.8. The van der Waals surface area contributed by atoms with Crippen LogP contribution >= 0.6 is 0 Å². The van der Waals surface area contributed by atoms with Gasteiger partial charge >= 0.3 is 0 Å². The number of rotatable bonds is 3. The lowest BCUT2D eigenvalue weighted by Crippen LogP contribution is -1.97. The van der Waals surface area contributed by atoms with Crippen LogP contribution in [-0.4, -0.2) is 9.97 Å².